The molecule has 126 valence electrons. The van der Waals surface area contributed by atoms with E-state index in [0.29, 0.717) is 0 Å². The monoisotopic (exact) mass is 323 g/mol. The smallest absolute Gasteiger partial charge is 0.261 e. The van der Waals surface area contributed by atoms with Gasteiger partial charge in [-0.2, -0.15) is 0 Å². The minimum absolute atomic E-state index is 0.0329. The van der Waals surface area contributed by atoms with Crippen LogP contribution in [-0.2, 0) is 17.6 Å². The maximum absolute atomic E-state index is 12.5. The van der Waals surface area contributed by atoms with Crippen molar-refractivity contribution < 1.29 is 9.53 Å². The molecule has 1 amide bonds. The second-order valence-corrected chi connectivity index (χ2v) is 6.50. The van der Waals surface area contributed by atoms with Gasteiger partial charge in [-0.3, -0.25) is 4.79 Å². The van der Waals surface area contributed by atoms with Gasteiger partial charge < -0.3 is 10.1 Å². The highest BCUT2D eigenvalue weighted by molar-refractivity contribution is 5.81. The van der Waals surface area contributed by atoms with E-state index in [1.165, 1.54) is 24.0 Å². The van der Waals surface area contributed by atoms with Crippen LogP contribution < -0.4 is 10.1 Å². The van der Waals surface area contributed by atoms with Crippen LogP contribution in [0.5, 0.6) is 5.75 Å². The number of amides is 1. The summed E-state index contributed by atoms with van der Waals surface area (Å²) in [4.78, 5) is 12.5. The third-order valence-electron chi connectivity index (χ3n) is 4.68. The van der Waals surface area contributed by atoms with Gasteiger partial charge in [-0.1, -0.05) is 42.5 Å². The molecule has 0 bridgehead atoms. The second-order valence-electron chi connectivity index (χ2n) is 6.50. The molecule has 0 heterocycles. The van der Waals surface area contributed by atoms with Crippen LogP contribution in [0.1, 0.15) is 49.4 Å². The number of ether oxygens (including phenoxy) is 1. The van der Waals surface area contributed by atoms with E-state index in [-0.39, 0.29) is 11.9 Å². The van der Waals surface area contributed by atoms with Crippen molar-refractivity contribution in [3.05, 3.63) is 65.2 Å². The number of aryl methyl sites for hydroxylation is 1. The molecule has 0 radical (unpaired) electrons. The number of fused-ring (bicyclic) bond motifs is 1. The van der Waals surface area contributed by atoms with Crippen LogP contribution in [0.4, 0.5) is 0 Å². The number of carbonyl (C=O) groups excluding carboxylic acids is 1. The summed E-state index contributed by atoms with van der Waals surface area (Å²) in [5.41, 5.74) is 3.73. The van der Waals surface area contributed by atoms with Gasteiger partial charge in [0, 0.05) is 0 Å². The average Bonchev–Trinajstić information content (AvgIpc) is 2.62. The molecule has 0 saturated carbocycles. The maximum Gasteiger partial charge on any atom is 0.261 e. The fraction of sp³-hybridized carbons (Fsp3) is 0.381. The molecule has 1 aliphatic carbocycles. The van der Waals surface area contributed by atoms with Gasteiger partial charge in [0.25, 0.3) is 5.91 Å². The predicted molar refractivity (Wildman–Crippen MR) is 96.2 cm³/mol. The molecule has 1 N–H and O–H groups in total. The minimum atomic E-state index is -0.510. The van der Waals surface area contributed by atoms with Gasteiger partial charge in [-0.05, 0) is 62.3 Å². The number of hydrogen-bond donors (Lipinski definition) is 1. The third kappa shape index (κ3) is 3.78. The molecule has 3 rings (SSSR count). The van der Waals surface area contributed by atoms with Gasteiger partial charge in [0.2, 0.25) is 0 Å². The van der Waals surface area contributed by atoms with E-state index in [1.54, 1.807) is 0 Å². The van der Waals surface area contributed by atoms with Crippen LogP contribution in [0.25, 0.3) is 0 Å². The van der Waals surface area contributed by atoms with E-state index < -0.39 is 6.10 Å². The maximum atomic E-state index is 12.5. The van der Waals surface area contributed by atoms with E-state index in [4.69, 9.17) is 4.74 Å². The Hall–Kier alpha value is -2.29. The summed E-state index contributed by atoms with van der Waals surface area (Å²) in [5, 5.41) is 3.03. The Balaban J connectivity index is 1.65. The number of rotatable bonds is 5. The zero-order valence-electron chi connectivity index (χ0n) is 14.4. The molecule has 0 aromatic heterocycles. The van der Waals surface area contributed by atoms with Gasteiger partial charge in [-0.15, -0.1) is 0 Å². The van der Waals surface area contributed by atoms with Crippen molar-refractivity contribution in [1.82, 2.24) is 5.32 Å². The van der Waals surface area contributed by atoms with Crippen LogP contribution in [-0.4, -0.2) is 12.0 Å². The lowest BCUT2D eigenvalue weighted by Crippen LogP contribution is -2.38. The highest BCUT2D eigenvalue weighted by Gasteiger charge is 2.20. The Labute approximate surface area is 144 Å². The summed E-state index contributed by atoms with van der Waals surface area (Å²) in [6.45, 7) is 3.81. The van der Waals surface area contributed by atoms with Crippen LogP contribution in [0.3, 0.4) is 0 Å². The van der Waals surface area contributed by atoms with Crippen LogP contribution in [0, 0.1) is 0 Å². The molecule has 2 aromatic carbocycles. The molecule has 3 nitrogen and oxygen atoms in total. The largest absolute Gasteiger partial charge is 0.481 e. The fourth-order valence-electron chi connectivity index (χ4n) is 3.26. The second kappa shape index (κ2) is 7.52. The molecule has 2 atom stereocenters. The Morgan fingerprint density at radius 2 is 1.75 bits per heavy atom. The Bertz CT molecular complexity index is 696. The van der Waals surface area contributed by atoms with Gasteiger partial charge in [-0.25, -0.2) is 0 Å². The SMILES string of the molecule is C[C@@H](Oc1cccc2c1CCCC2)C(=O)N[C@H](C)c1ccccc1. The lowest BCUT2D eigenvalue weighted by atomic mass is 9.91. The van der Waals surface area contributed by atoms with E-state index in [9.17, 15) is 4.79 Å². The van der Waals surface area contributed by atoms with Crippen molar-refractivity contribution in [2.24, 2.45) is 0 Å². The van der Waals surface area contributed by atoms with Crippen molar-refractivity contribution in [3.63, 3.8) is 0 Å². The number of carbonyl (C=O) groups is 1. The first-order valence-electron chi connectivity index (χ1n) is 8.78. The summed E-state index contributed by atoms with van der Waals surface area (Å²) in [7, 11) is 0. The molecule has 0 spiro atoms. The normalized spacial score (nSPS) is 15.9. The van der Waals surface area contributed by atoms with Crippen LogP contribution >= 0.6 is 0 Å². The van der Waals surface area contributed by atoms with Crippen molar-refractivity contribution in [2.75, 3.05) is 0 Å². The van der Waals surface area contributed by atoms with Crippen molar-refractivity contribution in [2.45, 2.75) is 51.7 Å². The Kier molecular flexibility index (Phi) is 5.19. The van der Waals surface area contributed by atoms with E-state index in [1.807, 2.05) is 56.3 Å². The molecular weight excluding hydrogens is 298 g/mol. The quantitative estimate of drug-likeness (QED) is 0.895. The fourth-order valence-corrected chi connectivity index (χ4v) is 3.26. The minimum Gasteiger partial charge on any atom is -0.481 e. The molecule has 0 fully saturated rings. The first-order valence-corrected chi connectivity index (χ1v) is 8.78. The first kappa shape index (κ1) is 16.6. The summed E-state index contributed by atoms with van der Waals surface area (Å²) < 4.78 is 6.00. The van der Waals surface area contributed by atoms with Gasteiger partial charge in [0.15, 0.2) is 6.10 Å². The molecule has 0 aliphatic heterocycles. The predicted octanol–water partition coefficient (Wildman–Crippen LogP) is 4.21. The van der Waals surface area contributed by atoms with Gasteiger partial charge in [0.05, 0.1) is 6.04 Å². The first-order chi connectivity index (χ1) is 11.6. The zero-order valence-corrected chi connectivity index (χ0v) is 14.4. The van der Waals surface area contributed by atoms with Crippen molar-refractivity contribution in [1.29, 1.82) is 0 Å². The topological polar surface area (TPSA) is 38.3 Å². The lowest BCUT2D eigenvalue weighted by Gasteiger charge is -2.23. The van der Waals surface area contributed by atoms with E-state index >= 15 is 0 Å². The van der Waals surface area contributed by atoms with Crippen LogP contribution in [0.15, 0.2) is 48.5 Å². The van der Waals surface area contributed by atoms with E-state index in [0.717, 1.165) is 24.2 Å². The summed E-state index contributed by atoms with van der Waals surface area (Å²) in [5.74, 6) is 0.780. The Morgan fingerprint density at radius 3 is 2.54 bits per heavy atom. The van der Waals surface area contributed by atoms with Crippen molar-refractivity contribution >= 4 is 5.91 Å². The summed E-state index contributed by atoms with van der Waals surface area (Å²) in [6.07, 6.45) is 4.07. The Morgan fingerprint density at radius 1 is 1.00 bits per heavy atom. The molecular formula is C21H25NO2. The number of hydrogen-bond acceptors (Lipinski definition) is 2. The standard InChI is InChI=1S/C21H25NO2/c1-15(17-9-4-3-5-10-17)22-21(23)16(2)24-20-14-8-12-18-11-6-7-13-19(18)20/h3-5,8-10,12,14-16H,6-7,11,13H2,1-2H3,(H,22,23)/t15-,16-/m1/s1. The highest BCUT2D eigenvalue weighted by atomic mass is 16.5. The molecule has 2 aromatic rings. The lowest BCUT2D eigenvalue weighted by molar-refractivity contribution is -0.127. The van der Waals surface area contributed by atoms with E-state index in [2.05, 4.69) is 11.4 Å². The molecule has 24 heavy (non-hydrogen) atoms. The van der Waals surface area contributed by atoms with Gasteiger partial charge in [0.1, 0.15) is 5.75 Å². The van der Waals surface area contributed by atoms with Crippen molar-refractivity contribution in [3.8, 4) is 5.75 Å². The molecule has 0 unspecified atom stereocenters. The van der Waals surface area contributed by atoms with Gasteiger partial charge >= 0.3 is 0 Å². The van der Waals surface area contributed by atoms with Crippen LogP contribution in [0.2, 0.25) is 0 Å². The molecule has 3 heteroatoms. The average molecular weight is 323 g/mol. The molecule has 1 aliphatic rings. The zero-order chi connectivity index (χ0) is 16.9. The number of nitrogens with one attached hydrogen (secondary N) is 1. The number of benzene rings is 2. The molecule has 0 saturated heterocycles. The highest BCUT2D eigenvalue weighted by Crippen LogP contribution is 2.30. The summed E-state index contributed by atoms with van der Waals surface area (Å²) >= 11 is 0. The third-order valence-corrected chi connectivity index (χ3v) is 4.68. The summed E-state index contributed by atoms with van der Waals surface area (Å²) in [6, 6.07) is 16.1.